The molecule has 0 saturated heterocycles. The van der Waals surface area contributed by atoms with Crippen molar-refractivity contribution in [1.82, 2.24) is 0 Å². The molecule has 0 fully saturated rings. The van der Waals surface area contributed by atoms with E-state index in [2.05, 4.69) is 0 Å². The van der Waals surface area contributed by atoms with E-state index < -0.39 is 11.9 Å². The van der Waals surface area contributed by atoms with Crippen molar-refractivity contribution in [3.63, 3.8) is 0 Å². The van der Waals surface area contributed by atoms with Gasteiger partial charge in [-0.2, -0.15) is 0 Å². The normalized spacial score (nSPS) is 4.89. The van der Waals surface area contributed by atoms with Gasteiger partial charge in [-0.1, -0.05) is 0 Å². The molecule has 48 valence electrons. The third-order valence-electron chi connectivity index (χ3n) is 0.183. The summed E-state index contributed by atoms with van der Waals surface area (Å²) in [5.41, 5.74) is 0. The van der Waals surface area contributed by atoms with E-state index >= 15 is 0 Å². The number of carboxylic acids is 2. The Morgan fingerprint density at radius 1 is 0.889 bits per heavy atom. The average molecular weight is 126 g/mol. The fraction of sp³-hybridized carbons (Fsp3) is 0. The van der Waals surface area contributed by atoms with Crippen LogP contribution in [0.3, 0.4) is 0 Å². The molecule has 0 aromatic carbocycles. The first-order valence-electron chi connectivity index (χ1n) is 1.11. The standard InChI is InChI=1S/C2H2O4.2BH3.Li.H/c3-1(4)2(5)6;;;;/h(H,3,4)(H,5,6);2*1H3;;. The van der Waals surface area contributed by atoms with Crippen molar-refractivity contribution in [2.24, 2.45) is 0 Å². The van der Waals surface area contributed by atoms with Crippen LogP contribution in [0.5, 0.6) is 0 Å². The molecule has 0 aromatic rings. The molecule has 0 aliphatic heterocycles. The molecule has 0 spiro atoms. The molecule has 0 heterocycles. The quantitative estimate of drug-likeness (QED) is 0.257. The summed E-state index contributed by atoms with van der Waals surface area (Å²) in [6.07, 6.45) is 0. The summed E-state index contributed by atoms with van der Waals surface area (Å²) in [7, 11) is 0. The fourth-order valence-electron chi connectivity index (χ4n) is 0. The van der Waals surface area contributed by atoms with Gasteiger partial charge in [0.05, 0.1) is 16.8 Å². The van der Waals surface area contributed by atoms with E-state index in [1.54, 1.807) is 0 Å². The van der Waals surface area contributed by atoms with Gasteiger partial charge >= 0.3 is 30.8 Å². The Balaban J connectivity index is -0.0000000417. The van der Waals surface area contributed by atoms with E-state index in [1.807, 2.05) is 0 Å². The van der Waals surface area contributed by atoms with E-state index in [4.69, 9.17) is 19.8 Å². The molecular formula is C2H9B2LiO4. The molecule has 0 amide bonds. The molecule has 9 heavy (non-hydrogen) atoms. The van der Waals surface area contributed by atoms with E-state index in [0.717, 1.165) is 0 Å². The molecule has 0 bridgehead atoms. The van der Waals surface area contributed by atoms with Crippen LogP contribution in [0.25, 0.3) is 0 Å². The van der Waals surface area contributed by atoms with Gasteiger partial charge in [-0.25, -0.2) is 9.59 Å². The predicted octanol–water partition coefficient (Wildman–Crippen LogP) is -3.86. The second kappa shape index (κ2) is 10.6. The molecule has 0 rings (SSSR count). The topological polar surface area (TPSA) is 74.6 Å². The van der Waals surface area contributed by atoms with Crippen LogP contribution in [0.2, 0.25) is 0 Å². The van der Waals surface area contributed by atoms with Gasteiger partial charge in [0.2, 0.25) is 0 Å². The van der Waals surface area contributed by atoms with Crippen molar-refractivity contribution in [2.45, 2.75) is 0 Å². The third-order valence-corrected chi connectivity index (χ3v) is 0.183. The van der Waals surface area contributed by atoms with Gasteiger partial charge < -0.3 is 10.2 Å². The first kappa shape index (κ1) is 23.4. The molecule has 0 unspecified atom stereocenters. The van der Waals surface area contributed by atoms with Crippen molar-refractivity contribution in [3.05, 3.63) is 0 Å². The Morgan fingerprint density at radius 3 is 1.00 bits per heavy atom. The van der Waals surface area contributed by atoms with Crippen LogP contribution < -0.4 is 0 Å². The van der Waals surface area contributed by atoms with Crippen molar-refractivity contribution in [2.75, 3.05) is 0 Å². The van der Waals surface area contributed by atoms with Gasteiger partial charge in [0, 0.05) is 0 Å². The zero-order valence-electron chi connectivity index (χ0n) is 2.71. The Morgan fingerprint density at radius 2 is 1.00 bits per heavy atom. The van der Waals surface area contributed by atoms with Crippen LogP contribution >= 0.6 is 0 Å². The maximum absolute atomic E-state index is 9.10. The molecule has 2 N–H and O–H groups in total. The maximum atomic E-state index is 9.10. The Hall–Kier alpha value is -0.333. The Kier molecular flexibility index (Phi) is 27.6. The van der Waals surface area contributed by atoms with Crippen molar-refractivity contribution < 1.29 is 19.8 Å². The second-order valence-corrected chi connectivity index (χ2v) is 0.610. The van der Waals surface area contributed by atoms with Gasteiger partial charge in [0.25, 0.3) is 0 Å². The molecule has 0 atom stereocenters. The van der Waals surface area contributed by atoms with Crippen LogP contribution in [0.1, 0.15) is 0 Å². The van der Waals surface area contributed by atoms with Crippen LogP contribution in [-0.4, -0.2) is 57.8 Å². The van der Waals surface area contributed by atoms with Gasteiger partial charge in [-0.05, 0) is 0 Å². The van der Waals surface area contributed by atoms with Crippen LogP contribution in [0.4, 0.5) is 0 Å². The van der Waals surface area contributed by atoms with Crippen molar-refractivity contribution in [1.29, 1.82) is 0 Å². The van der Waals surface area contributed by atoms with Crippen LogP contribution in [-0.2, 0) is 9.59 Å². The minimum absolute atomic E-state index is 0. The predicted molar refractivity (Wildman–Crippen MR) is 42.3 cm³/mol. The first-order valence-corrected chi connectivity index (χ1v) is 1.11. The molecule has 0 radical (unpaired) electrons. The summed E-state index contributed by atoms with van der Waals surface area (Å²) in [5, 5.41) is 14.8. The molecule has 0 saturated carbocycles. The third kappa shape index (κ3) is 18.3. The molecular weight excluding hydrogens is 117 g/mol. The van der Waals surface area contributed by atoms with Crippen LogP contribution in [0.15, 0.2) is 0 Å². The Labute approximate surface area is 68.0 Å². The number of aliphatic carboxylic acids is 2. The summed E-state index contributed by atoms with van der Waals surface area (Å²) in [5.74, 6) is -3.65. The van der Waals surface area contributed by atoms with E-state index in [1.165, 1.54) is 0 Å². The minimum atomic E-state index is -1.82. The Bertz CT molecular complexity index is 82.6. The molecule has 0 aromatic heterocycles. The average Bonchev–Trinajstić information content (AvgIpc) is 1.36. The van der Waals surface area contributed by atoms with Gasteiger partial charge in [0.1, 0.15) is 0 Å². The van der Waals surface area contributed by atoms with Crippen molar-refractivity contribution in [3.8, 4) is 0 Å². The monoisotopic (exact) mass is 126 g/mol. The number of rotatable bonds is 0. The molecule has 0 aliphatic rings. The number of carboxylic acid groups (broad SMARTS) is 2. The van der Waals surface area contributed by atoms with Crippen molar-refractivity contribution >= 4 is 47.6 Å². The fourth-order valence-corrected chi connectivity index (χ4v) is 0. The van der Waals surface area contributed by atoms with E-state index in [-0.39, 0.29) is 35.7 Å². The summed E-state index contributed by atoms with van der Waals surface area (Å²) in [4.78, 5) is 18.2. The SMILES string of the molecule is B.B.O=C(O)C(=O)O.[LiH]. The zero-order chi connectivity index (χ0) is 5.15. The number of hydrogen-bond donors (Lipinski definition) is 2. The summed E-state index contributed by atoms with van der Waals surface area (Å²) in [6, 6.07) is 0. The van der Waals surface area contributed by atoms with Gasteiger partial charge in [0.15, 0.2) is 0 Å². The first-order chi connectivity index (χ1) is 2.64. The van der Waals surface area contributed by atoms with E-state index in [0.29, 0.717) is 0 Å². The second-order valence-electron chi connectivity index (χ2n) is 0.610. The van der Waals surface area contributed by atoms with Crippen LogP contribution in [0, 0.1) is 0 Å². The molecule has 4 nitrogen and oxygen atoms in total. The number of hydrogen-bond acceptors (Lipinski definition) is 2. The zero-order valence-corrected chi connectivity index (χ0v) is 2.71. The number of carbonyl (C=O) groups is 2. The summed E-state index contributed by atoms with van der Waals surface area (Å²) < 4.78 is 0. The molecule has 7 heteroatoms. The molecule has 0 aliphatic carbocycles. The van der Waals surface area contributed by atoms with Gasteiger partial charge in [-0.3, -0.25) is 0 Å². The summed E-state index contributed by atoms with van der Waals surface area (Å²) >= 11 is 0. The summed E-state index contributed by atoms with van der Waals surface area (Å²) in [6.45, 7) is 0. The van der Waals surface area contributed by atoms with E-state index in [9.17, 15) is 0 Å². The van der Waals surface area contributed by atoms with Gasteiger partial charge in [-0.15, -0.1) is 0 Å².